The largest absolute Gasteiger partial charge is 0.496 e. The Hall–Kier alpha value is -1.55. The Balaban J connectivity index is 1.80. The predicted molar refractivity (Wildman–Crippen MR) is 75.8 cm³/mol. The molecule has 20 heavy (non-hydrogen) atoms. The topological polar surface area (TPSA) is 38.8 Å². The molecule has 0 radical (unpaired) electrons. The molecular formula is C16H21NO3. The highest BCUT2D eigenvalue weighted by molar-refractivity contribution is 5.77. The number of hydrogen-bond donors (Lipinski definition) is 0. The molecule has 1 aromatic rings. The number of hydrogen-bond acceptors (Lipinski definition) is 3. The first kappa shape index (κ1) is 13.4. The van der Waals surface area contributed by atoms with Crippen molar-refractivity contribution in [3.05, 3.63) is 29.3 Å². The zero-order valence-corrected chi connectivity index (χ0v) is 12.1. The van der Waals surface area contributed by atoms with Crippen molar-refractivity contribution >= 4 is 5.91 Å². The highest BCUT2D eigenvalue weighted by Crippen LogP contribution is 2.36. The fraction of sp³-hybridized carbons (Fsp3) is 0.562. The maximum atomic E-state index is 11.5. The van der Waals surface area contributed by atoms with E-state index in [1.54, 1.807) is 12.0 Å². The van der Waals surface area contributed by atoms with Crippen LogP contribution in [0.25, 0.3) is 0 Å². The molecule has 3 rings (SSSR count). The van der Waals surface area contributed by atoms with Gasteiger partial charge in [0.15, 0.2) is 0 Å². The Morgan fingerprint density at radius 1 is 1.40 bits per heavy atom. The van der Waals surface area contributed by atoms with Crippen LogP contribution >= 0.6 is 0 Å². The summed E-state index contributed by atoms with van der Waals surface area (Å²) in [5.41, 5.74) is 2.40. The van der Waals surface area contributed by atoms with Gasteiger partial charge in [-0.3, -0.25) is 4.79 Å². The lowest BCUT2D eigenvalue weighted by molar-refractivity contribution is -0.147. The molecule has 108 valence electrons. The Bertz CT molecular complexity index is 510. The van der Waals surface area contributed by atoms with Crippen LogP contribution in [0.4, 0.5) is 0 Å². The molecule has 2 aliphatic rings. The van der Waals surface area contributed by atoms with Crippen molar-refractivity contribution in [1.29, 1.82) is 0 Å². The zero-order chi connectivity index (χ0) is 14.1. The second kappa shape index (κ2) is 5.44. The molecule has 4 heteroatoms. The maximum absolute atomic E-state index is 11.5. The average molecular weight is 275 g/mol. The maximum Gasteiger partial charge on any atom is 0.248 e. The number of benzene rings is 1. The van der Waals surface area contributed by atoms with Crippen LogP contribution in [0.2, 0.25) is 0 Å². The number of carbonyl (C=O) groups is 1. The van der Waals surface area contributed by atoms with Crippen LogP contribution in [0.1, 0.15) is 30.1 Å². The summed E-state index contributed by atoms with van der Waals surface area (Å²) in [5, 5.41) is 0. The van der Waals surface area contributed by atoms with E-state index in [1.165, 1.54) is 18.4 Å². The third-order valence-corrected chi connectivity index (χ3v) is 4.16. The van der Waals surface area contributed by atoms with Crippen molar-refractivity contribution in [3.63, 3.8) is 0 Å². The summed E-state index contributed by atoms with van der Waals surface area (Å²) in [7, 11) is 3.54. The van der Waals surface area contributed by atoms with Crippen molar-refractivity contribution in [3.8, 4) is 5.75 Å². The fourth-order valence-electron chi connectivity index (χ4n) is 2.68. The Morgan fingerprint density at radius 2 is 2.20 bits per heavy atom. The van der Waals surface area contributed by atoms with Crippen molar-refractivity contribution in [2.24, 2.45) is 5.92 Å². The van der Waals surface area contributed by atoms with Crippen LogP contribution in [0, 0.1) is 5.92 Å². The fourth-order valence-corrected chi connectivity index (χ4v) is 2.68. The third-order valence-electron chi connectivity index (χ3n) is 4.16. The first-order chi connectivity index (χ1) is 9.67. The molecule has 1 unspecified atom stereocenters. The van der Waals surface area contributed by atoms with Crippen molar-refractivity contribution in [2.45, 2.75) is 25.4 Å². The van der Waals surface area contributed by atoms with E-state index in [9.17, 15) is 4.79 Å². The number of carbonyl (C=O) groups excluding carboxylic acids is 1. The first-order valence-corrected chi connectivity index (χ1v) is 7.19. The SMILES string of the molecule is COc1ccc(C2CN(C)C(=O)CO2)cc1CC1CC1. The molecule has 1 aromatic carbocycles. The molecule has 1 aliphatic carbocycles. The summed E-state index contributed by atoms with van der Waals surface area (Å²) in [5.74, 6) is 1.82. The van der Waals surface area contributed by atoms with Crippen molar-refractivity contribution in [2.75, 3.05) is 27.3 Å². The van der Waals surface area contributed by atoms with Gasteiger partial charge in [-0.15, -0.1) is 0 Å². The Labute approximate surface area is 119 Å². The number of amides is 1. The van der Waals surface area contributed by atoms with E-state index in [-0.39, 0.29) is 18.6 Å². The van der Waals surface area contributed by atoms with Crippen LogP contribution in [-0.2, 0) is 16.0 Å². The molecule has 1 saturated heterocycles. The molecule has 1 aliphatic heterocycles. The molecular weight excluding hydrogens is 254 g/mol. The van der Waals surface area contributed by atoms with E-state index in [2.05, 4.69) is 6.07 Å². The third kappa shape index (κ3) is 2.80. The highest BCUT2D eigenvalue weighted by atomic mass is 16.5. The second-order valence-corrected chi connectivity index (χ2v) is 5.79. The molecule has 1 atom stereocenters. The predicted octanol–water partition coefficient (Wildman–Crippen LogP) is 2.18. The molecule has 0 spiro atoms. The molecule has 1 saturated carbocycles. The number of likely N-dealkylation sites (N-methyl/N-ethyl adjacent to an activating group) is 1. The van der Waals surface area contributed by atoms with Crippen LogP contribution < -0.4 is 4.74 Å². The molecule has 1 heterocycles. The number of ether oxygens (including phenoxy) is 2. The van der Waals surface area contributed by atoms with Gasteiger partial charge in [-0.25, -0.2) is 0 Å². The standard InChI is InChI=1S/C16H21NO3/c1-17-9-15(20-10-16(17)18)12-5-6-14(19-2)13(8-12)7-11-3-4-11/h5-6,8,11,15H,3-4,7,9-10H2,1-2H3. The van der Waals surface area contributed by atoms with Crippen LogP contribution in [0.5, 0.6) is 5.75 Å². The second-order valence-electron chi connectivity index (χ2n) is 5.79. The molecule has 0 aromatic heterocycles. The van der Waals surface area contributed by atoms with Crippen LogP contribution in [0.15, 0.2) is 18.2 Å². The van der Waals surface area contributed by atoms with Gasteiger partial charge in [0.1, 0.15) is 18.5 Å². The minimum atomic E-state index is -0.0263. The minimum Gasteiger partial charge on any atom is -0.496 e. The smallest absolute Gasteiger partial charge is 0.248 e. The number of rotatable bonds is 4. The van der Waals surface area contributed by atoms with Crippen molar-refractivity contribution in [1.82, 2.24) is 4.90 Å². The number of methoxy groups -OCH3 is 1. The summed E-state index contributed by atoms with van der Waals surface area (Å²) < 4.78 is 11.1. The van der Waals surface area contributed by atoms with E-state index < -0.39 is 0 Å². The van der Waals surface area contributed by atoms with Gasteiger partial charge in [0.2, 0.25) is 5.91 Å². The lowest BCUT2D eigenvalue weighted by atomic mass is 10.0. The first-order valence-electron chi connectivity index (χ1n) is 7.19. The van der Waals surface area contributed by atoms with Gasteiger partial charge in [-0.1, -0.05) is 6.07 Å². The molecule has 1 amide bonds. The normalized spacial score (nSPS) is 23.0. The van der Waals surface area contributed by atoms with E-state index in [1.807, 2.05) is 19.2 Å². The van der Waals surface area contributed by atoms with E-state index in [0.717, 1.165) is 23.7 Å². The van der Waals surface area contributed by atoms with Gasteiger partial charge in [0.05, 0.1) is 13.7 Å². The summed E-state index contributed by atoms with van der Waals surface area (Å²) in [6.45, 7) is 0.791. The van der Waals surface area contributed by atoms with Crippen LogP contribution in [0.3, 0.4) is 0 Å². The molecule has 2 fully saturated rings. The number of morpholine rings is 1. The molecule has 0 bridgehead atoms. The van der Waals surface area contributed by atoms with Gasteiger partial charge in [-0.05, 0) is 48.4 Å². The van der Waals surface area contributed by atoms with Gasteiger partial charge in [0.25, 0.3) is 0 Å². The lowest BCUT2D eigenvalue weighted by Crippen LogP contribution is -2.40. The van der Waals surface area contributed by atoms with Gasteiger partial charge >= 0.3 is 0 Å². The summed E-state index contributed by atoms with van der Waals surface area (Å²) >= 11 is 0. The molecule has 4 nitrogen and oxygen atoms in total. The summed E-state index contributed by atoms with van der Waals surface area (Å²) in [6, 6.07) is 6.25. The Morgan fingerprint density at radius 3 is 2.85 bits per heavy atom. The highest BCUT2D eigenvalue weighted by Gasteiger charge is 2.27. The summed E-state index contributed by atoms with van der Waals surface area (Å²) in [6.07, 6.45) is 3.70. The Kier molecular flexibility index (Phi) is 3.66. The minimum absolute atomic E-state index is 0.0263. The lowest BCUT2D eigenvalue weighted by Gasteiger charge is -2.30. The zero-order valence-electron chi connectivity index (χ0n) is 12.1. The van der Waals surface area contributed by atoms with Crippen molar-refractivity contribution < 1.29 is 14.3 Å². The average Bonchev–Trinajstić information content (AvgIpc) is 3.26. The summed E-state index contributed by atoms with van der Waals surface area (Å²) in [4.78, 5) is 13.2. The van der Waals surface area contributed by atoms with E-state index >= 15 is 0 Å². The monoisotopic (exact) mass is 275 g/mol. The van der Waals surface area contributed by atoms with Gasteiger partial charge in [0, 0.05) is 7.05 Å². The number of nitrogens with zero attached hydrogens (tertiary/aromatic N) is 1. The molecule has 0 N–H and O–H groups in total. The van der Waals surface area contributed by atoms with Crippen LogP contribution in [-0.4, -0.2) is 38.1 Å². The quantitative estimate of drug-likeness (QED) is 0.845. The van der Waals surface area contributed by atoms with Gasteiger partial charge < -0.3 is 14.4 Å². The van der Waals surface area contributed by atoms with Gasteiger partial charge in [-0.2, -0.15) is 0 Å². The van der Waals surface area contributed by atoms with E-state index in [0.29, 0.717) is 6.54 Å². The van der Waals surface area contributed by atoms with E-state index in [4.69, 9.17) is 9.47 Å².